The summed E-state index contributed by atoms with van der Waals surface area (Å²) in [5, 5.41) is 16.8. The van der Waals surface area contributed by atoms with Crippen LogP contribution in [0.1, 0.15) is 19.5 Å². The summed E-state index contributed by atoms with van der Waals surface area (Å²) in [5.41, 5.74) is 1.75. The number of hydrogen-bond donors (Lipinski definition) is 2. The van der Waals surface area contributed by atoms with Crippen LogP contribution >= 0.6 is 0 Å². The highest BCUT2D eigenvalue weighted by Gasteiger charge is 2.18. The van der Waals surface area contributed by atoms with Gasteiger partial charge in [0.25, 0.3) is 0 Å². The Bertz CT molecular complexity index is 440. The van der Waals surface area contributed by atoms with Gasteiger partial charge in [-0.25, -0.2) is 0 Å². The Labute approximate surface area is 88.8 Å². The number of nitrogens with zero attached hydrogens (tertiary/aromatic N) is 1. The summed E-state index contributed by atoms with van der Waals surface area (Å²) in [6.45, 7) is 3.46. The molecule has 0 aliphatic carbocycles. The van der Waals surface area contributed by atoms with E-state index in [1.54, 1.807) is 13.8 Å². The van der Waals surface area contributed by atoms with E-state index in [-0.39, 0.29) is 0 Å². The molecule has 0 fully saturated rings. The molecule has 2 rings (SSSR count). The van der Waals surface area contributed by atoms with Crippen LogP contribution in [0.4, 0.5) is 0 Å². The molecule has 3 heteroatoms. The molecule has 0 bridgehead atoms. The molecule has 2 aromatic rings. The predicted molar refractivity (Wildman–Crippen MR) is 59.3 cm³/mol. The minimum Gasteiger partial charge on any atom is -0.384 e. The van der Waals surface area contributed by atoms with Gasteiger partial charge in [0.05, 0.1) is 11.4 Å². The summed E-state index contributed by atoms with van der Waals surface area (Å²) in [6.07, 6.45) is 0. The number of aromatic nitrogens is 2. The Balaban J connectivity index is 2.37. The molecule has 0 aliphatic rings. The lowest BCUT2D eigenvalue weighted by atomic mass is 10.0. The van der Waals surface area contributed by atoms with E-state index in [2.05, 4.69) is 10.2 Å². The van der Waals surface area contributed by atoms with Crippen molar-refractivity contribution in [1.29, 1.82) is 0 Å². The van der Waals surface area contributed by atoms with Crippen LogP contribution in [0.3, 0.4) is 0 Å². The largest absolute Gasteiger partial charge is 0.384 e. The second kappa shape index (κ2) is 3.51. The van der Waals surface area contributed by atoms with E-state index < -0.39 is 5.60 Å². The molecule has 1 heterocycles. The summed E-state index contributed by atoms with van der Waals surface area (Å²) in [6, 6.07) is 11.7. The summed E-state index contributed by atoms with van der Waals surface area (Å²) >= 11 is 0. The van der Waals surface area contributed by atoms with E-state index in [4.69, 9.17) is 0 Å². The van der Waals surface area contributed by atoms with Crippen molar-refractivity contribution in [3.63, 3.8) is 0 Å². The van der Waals surface area contributed by atoms with Gasteiger partial charge in [0.2, 0.25) is 0 Å². The maximum absolute atomic E-state index is 9.78. The van der Waals surface area contributed by atoms with Crippen molar-refractivity contribution < 1.29 is 5.11 Å². The van der Waals surface area contributed by atoms with Crippen LogP contribution in [0.25, 0.3) is 11.3 Å². The highest BCUT2D eigenvalue weighted by atomic mass is 16.3. The summed E-state index contributed by atoms with van der Waals surface area (Å²) in [7, 11) is 0. The monoisotopic (exact) mass is 202 g/mol. The molecule has 0 spiro atoms. The Hall–Kier alpha value is -1.61. The number of aromatic amines is 1. The average Bonchev–Trinajstić information content (AvgIpc) is 2.67. The summed E-state index contributed by atoms with van der Waals surface area (Å²) < 4.78 is 0. The molecular formula is C12H14N2O. The molecule has 1 aromatic carbocycles. The van der Waals surface area contributed by atoms with Gasteiger partial charge < -0.3 is 5.11 Å². The lowest BCUT2D eigenvalue weighted by Gasteiger charge is -2.13. The van der Waals surface area contributed by atoms with Gasteiger partial charge >= 0.3 is 0 Å². The van der Waals surface area contributed by atoms with Gasteiger partial charge in [-0.3, -0.25) is 5.10 Å². The quantitative estimate of drug-likeness (QED) is 0.785. The highest BCUT2D eigenvalue weighted by molar-refractivity contribution is 5.59. The average molecular weight is 202 g/mol. The van der Waals surface area contributed by atoms with E-state index in [9.17, 15) is 5.11 Å². The Morgan fingerprint density at radius 3 is 2.40 bits per heavy atom. The van der Waals surface area contributed by atoms with Crippen LogP contribution in [0, 0.1) is 0 Å². The number of rotatable bonds is 2. The SMILES string of the molecule is CC(C)(O)c1cc(-c2ccccc2)n[nH]1. The van der Waals surface area contributed by atoms with Gasteiger partial charge in [-0.05, 0) is 19.9 Å². The van der Waals surface area contributed by atoms with Crippen LogP contribution in [-0.4, -0.2) is 15.3 Å². The molecule has 0 unspecified atom stereocenters. The molecular weight excluding hydrogens is 188 g/mol. The van der Waals surface area contributed by atoms with E-state index in [0.717, 1.165) is 17.0 Å². The van der Waals surface area contributed by atoms with Crippen LogP contribution in [-0.2, 0) is 5.60 Å². The normalized spacial score (nSPS) is 11.7. The lowest BCUT2D eigenvalue weighted by Crippen LogP contribution is -2.15. The molecule has 0 amide bonds. The maximum atomic E-state index is 9.78. The van der Waals surface area contributed by atoms with Gasteiger partial charge in [-0.2, -0.15) is 5.10 Å². The zero-order valence-corrected chi connectivity index (χ0v) is 8.86. The van der Waals surface area contributed by atoms with Crippen molar-refractivity contribution in [2.75, 3.05) is 0 Å². The van der Waals surface area contributed by atoms with Crippen molar-refractivity contribution in [3.8, 4) is 11.3 Å². The van der Waals surface area contributed by atoms with Gasteiger partial charge in [0, 0.05) is 5.56 Å². The van der Waals surface area contributed by atoms with E-state index in [1.807, 2.05) is 36.4 Å². The molecule has 0 aliphatic heterocycles. The molecule has 15 heavy (non-hydrogen) atoms. The molecule has 1 aromatic heterocycles. The molecule has 3 nitrogen and oxygen atoms in total. The third-order valence-electron chi connectivity index (χ3n) is 2.31. The first-order valence-corrected chi connectivity index (χ1v) is 4.91. The fraction of sp³-hybridized carbons (Fsp3) is 0.250. The molecule has 78 valence electrons. The minimum absolute atomic E-state index is 0.723. The predicted octanol–water partition coefficient (Wildman–Crippen LogP) is 2.30. The first-order chi connectivity index (χ1) is 7.07. The van der Waals surface area contributed by atoms with Gasteiger partial charge in [-0.15, -0.1) is 0 Å². The summed E-state index contributed by atoms with van der Waals surface area (Å²) in [5.74, 6) is 0. The standard InChI is InChI=1S/C12H14N2O/c1-12(2,15)11-8-10(13-14-11)9-6-4-3-5-7-9/h3-8,15H,1-2H3,(H,13,14). The highest BCUT2D eigenvalue weighted by Crippen LogP contribution is 2.23. The van der Waals surface area contributed by atoms with Crippen molar-refractivity contribution in [2.24, 2.45) is 0 Å². The van der Waals surface area contributed by atoms with Crippen LogP contribution in [0.2, 0.25) is 0 Å². The van der Waals surface area contributed by atoms with Gasteiger partial charge in [0.1, 0.15) is 5.60 Å². The van der Waals surface area contributed by atoms with Crippen molar-refractivity contribution in [1.82, 2.24) is 10.2 Å². The first kappa shape index (κ1) is 9.93. The Kier molecular flexibility index (Phi) is 2.32. The van der Waals surface area contributed by atoms with Crippen molar-refractivity contribution in [2.45, 2.75) is 19.4 Å². The topological polar surface area (TPSA) is 48.9 Å². The number of nitrogens with one attached hydrogen (secondary N) is 1. The van der Waals surface area contributed by atoms with Crippen LogP contribution < -0.4 is 0 Å². The number of benzene rings is 1. The maximum Gasteiger partial charge on any atom is 0.100 e. The fourth-order valence-electron chi connectivity index (χ4n) is 1.39. The summed E-state index contributed by atoms with van der Waals surface area (Å²) in [4.78, 5) is 0. The first-order valence-electron chi connectivity index (χ1n) is 4.91. The van der Waals surface area contributed by atoms with Crippen molar-refractivity contribution in [3.05, 3.63) is 42.1 Å². The van der Waals surface area contributed by atoms with Gasteiger partial charge in [0.15, 0.2) is 0 Å². The molecule has 0 radical (unpaired) electrons. The lowest BCUT2D eigenvalue weighted by molar-refractivity contribution is 0.0738. The molecule has 0 atom stereocenters. The molecule has 0 saturated heterocycles. The van der Waals surface area contributed by atoms with Crippen LogP contribution in [0.15, 0.2) is 36.4 Å². The van der Waals surface area contributed by atoms with E-state index in [1.165, 1.54) is 0 Å². The van der Waals surface area contributed by atoms with Crippen LogP contribution in [0.5, 0.6) is 0 Å². The number of H-pyrrole nitrogens is 1. The van der Waals surface area contributed by atoms with E-state index in [0.29, 0.717) is 0 Å². The minimum atomic E-state index is -0.875. The zero-order valence-electron chi connectivity index (χ0n) is 8.86. The van der Waals surface area contributed by atoms with Gasteiger partial charge in [-0.1, -0.05) is 30.3 Å². The second-order valence-corrected chi connectivity index (χ2v) is 4.09. The second-order valence-electron chi connectivity index (χ2n) is 4.09. The van der Waals surface area contributed by atoms with E-state index >= 15 is 0 Å². The third-order valence-corrected chi connectivity index (χ3v) is 2.31. The Morgan fingerprint density at radius 1 is 1.20 bits per heavy atom. The van der Waals surface area contributed by atoms with Crippen molar-refractivity contribution >= 4 is 0 Å². The number of aliphatic hydroxyl groups is 1. The third kappa shape index (κ3) is 2.07. The fourth-order valence-corrected chi connectivity index (χ4v) is 1.39. The smallest absolute Gasteiger partial charge is 0.100 e. The Morgan fingerprint density at radius 2 is 1.87 bits per heavy atom. The number of hydrogen-bond acceptors (Lipinski definition) is 2. The molecule has 2 N–H and O–H groups in total. The zero-order chi connectivity index (χ0) is 10.9. The molecule has 0 saturated carbocycles.